The first-order valence-electron chi connectivity index (χ1n) is 6.41. The molecule has 102 valence electrons. The van der Waals surface area contributed by atoms with E-state index in [1.165, 1.54) is 0 Å². The van der Waals surface area contributed by atoms with Crippen LogP contribution in [0.3, 0.4) is 0 Å². The van der Waals surface area contributed by atoms with Crippen LogP contribution in [-0.4, -0.2) is 36.3 Å². The van der Waals surface area contributed by atoms with E-state index in [1.54, 1.807) is 7.11 Å². The van der Waals surface area contributed by atoms with Crippen LogP contribution in [-0.2, 0) is 11.2 Å². The third kappa shape index (κ3) is 4.10. The summed E-state index contributed by atoms with van der Waals surface area (Å²) in [5.41, 5.74) is 0. The number of hydrogen-bond acceptors (Lipinski definition) is 4. The number of rotatable bonds is 7. The maximum atomic E-state index is 6.06. The molecule has 1 heterocycles. The summed E-state index contributed by atoms with van der Waals surface area (Å²) in [5.74, 6) is 1.69. The molecule has 5 heteroatoms. The molecule has 0 fully saturated rings. The second-order valence-corrected chi connectivity index (χ2v) is 4.69. The van der Waals surface area contributed by atoms with Gasteiger partial charge in [-0.25, -0.2) is 9.97 Å². The topological polar surface area (TPSA) is 38.2 Å². The summed E-state index contributed by atoms with van der Waals surface area (Å²) in [6.45, 7) is 7.85. The van der Waals surface area contributed by atoms with Crippen LogP contribution in [0.1, 0.15) is 33.0 Å². The second-order valence-electron chi connectivity index (χ2n) is 4.31. The molecule has 0 saturated carbocycles. The van der Waals surface area contributed by atoms with E-state index in [9.17, 15) is 0 Å². The maximum Gasteiger partial charge on any atom is 0.134 e. The van der Waals surface area contributed by atoms with Crippen molar-refractivity contribution >= 4 is 17.4 Å². The number of aromatic nitrogens is 2. The van der Waals surface area contributed by atoms with Crippen molar-refractivity contribution in [2.75, 3.05) is 25.2 Å². The molecule has 1 aromatic heterocycles. The minimum atomic E-state index is 0.264. The molecule has 1 unspecified atom stereocenters. The van der Waals surface area contributed by atoms with Gasteiger partial charge in [-0.1, -0.05) is 18.5 Å². The summed E-state index contributed by atoms with van der Waals surface area (Å²) in [7, 11) is 1.71. The summed E-state index contributed by atoms with van der Waals surface area (Å²) in [4.78, 5) is 11.0. The number of hydrogen-bond donors (Lipinski definition) is 0. The number of anilines is 1. The zero-order valence-electron chi connectivity index (χ0n) is 11.6. The van der Waals surface area contributed by atoms with Crippen molar-refractivity contribution in [3.05, 3.63) is 17.0 Å². The van der Waals surface area contributed by atoms with Crippen molar-refractivity contribution < 1.29 is 4.74 Å². The Labute approximate surface area is 114 Å². The Morgan fingerprint density at radius 3 is 2.67 bits per heavy atom. The molecule has 0 amide bonds. The molecular weight excluding hydrogens is 250 g/mol. The molecule has 0 bridgehead atoms. The van der Waals surface area contributed by atoms with Gasteiger partial charge in [-0.15, -0.1) is 0 Å². The summed E-state index contributed by atoms with van der Waals surface area (Å²) in [5, 5.41) is 0.506. The van der Waals surface area contributed by atoms with Crippen LogP contribution in [0.5, 0.6) is 0 Å². The van der Waals surface area contributed by atoms with Gasteiger partial charge in [-0.2, -0.15) is 0 Å². The molecule has 18 heavy (non-hydrogen) atoms. The van der Waals surface area contributed by atoms with Gasteiger partial charge in [0, 0.05) is 26.1 Å². The van der Waals surface area contributed by atoms with Gasteiger partial charge in [0.1, 0.15) is 16.8 Å². The molecule has 1 aromatic rings. The Bertz CT molecular complexity index is 373. The number of halogens is 1. The average Bonchev–Trinajstić information content (AvgIpc) is 2.30. The van der Waals surface area contributed by atoms with E-state index in [0.29, 0.717) is 11.8 Å². The zero-order valence-corrected chi connectivity index (χ0v) is 12.4. The van der Waals surface area contributed by atoms with Gasteiger partial charge >= 0.3 is 0 Å². The molecule has 0 aliphatic carbocycles. The third-order valence-electron chi connectivity index (χ3n) is 2.78. The highest BCUT2D eigenvalue weighted by atomic mass is 35.5. The predicted octanol–water partition coefficient (Wildman–Crippen LogP) is 2.94. The van der Waals surface area contributed by atoms with Crippen LogP contribution in [0.25, 0.3) is 0 Å². The highest BCUT2D eigenvalue weighted by molar-refractivity contribution is 6.29. The van der Waals surface area contributed by atoms with E-state index in [2.05, 4.69) is 35.6 Å². The van der Waals surface area contributed by atoms with Gasteiger partial charge in [0.25, 0.3) is 0 Å². The lowest BCUT2D eigenvalue weighted by atomic mass is 10.3. The number of likely N-dealkylation sites (N-methyl/N-ethyl adjacent to an activating group) is 1. The lowest BCUT2D eigenvalue weighted by Gasteiger charge is -2.28. The Morgan fingerprint density at radius 1 is 1.39 bits per heavy atom. The summed E-state index contributed by atoms with van der Waals surface area (Å²) < 4.78 is 5.20. The SMILES string of the molecule is CCCc1nc(Cl)cc(N(CC)C(C)COC)n1. The van der Waals surface area contributed by atoms with Crippen LogP contribution in [0, 0.1) is 0 Å². The van der Waals surface area contributed by atoms with Gasteiger partial charge in [0.05, 0.1) is 12.6 Å². The molecule has 0 radical (unpaired) electrons. The normalized spacial score (nSPS) is 12.5. The molecule has 0 aromatic carbocycles. The first-order chi connectivity index (χ1) is 8.62. The third-order valence-corrected chi connectivity index (χ3v) is 2.97. The van der Waals surface area contributed by atoms with E-state index in [4.69, 9.17) is 16.3 Å². The second kappa shape index (κ2) is 7.54. The minimum absolute atomic E-state index is 0.264. The monoisotopic (exact) mass is 271 g/mol. The Morgan fingerprint density at radius 2 is 2.11 bits per heavy atom. The summed E-state index contributed by atoms with van der Waals surface area (Å²) in [6, 6.07) is 2.08. The van der Waals surface area contributed by atoms with Crippen LogP contribution in [0.4, 0.5) is 5.82 Å². The number of nitrogens with zero attached hydrogens (tertiary/aromatic N) is 3. The first kappa shape index (κ1) is 15.2. The Kier molecular flexibility index (Phi) is 6.36. The van der Waals surface area contributed by atoms with Crippen LogP contribution in [0.2, 0.25) is 5.15 Å². The van der Waals surface area contributed by atoms with Crippen molar-refractivity contribution in [3.8, 4) is 0 Å². The molecule has 0 aliphatic rings. The van der Waals surface area contributed by atoms with E-state index in [1.807, 2.05) is 6.07 Å². The molecule has 4 nitrogen and oxygen atoms in total. The minimum Gasteiger partial charge on any atom is -0.383 e. The standard InChI is InChI=1S/C13H22ClN3O/c1-5-7-12-15-11(14)8-13(16-12)17(6-2)10(3)9-18-4/h8,10H,5-7,9H2,1-4H3. The lowest BCUT2D eigenvalue weighted by Crippen LogP contribution is -2.37. The van der Waals surface area contributed by atoms with Crippen LogP contribution < -0.4 is 4.90 Å². The molecule has 0 aliphatic heterocycles. The predicted molar refractivity (Wildman–Crippen MR) is 75.4 cm³/mol. The van der Waals surface area contributed by atoms with Crippen molar-refractivity contribution in [2.45, 2.75) is 39.7 Å². The van der Waals surface area contributed by atoms with Crippen molar-refractivity contribution in [1.29, 1.82) is 0 Å². The largest absolute Gasteiger partial charge is 0.383 e. The zero-order chi connectivity index (χ0) is 13.5. The quantitative estimate of drug-likeness (QED) is 0.715. The molecule has 0 spiro atoms. The molecule has 0 saturated heterocycles. The van der Waals surface area contributed by atoms with E-state index < -0.39 is 0 Å². The Hall–Kier alpha value is -0.870. The average molecular weight is 272 g/mol. The molecule has 1 atom stereocenters. The highest BCUT2D eigenvalue weighted by Gasteiger charge is 2.15. The van der Waals surface area contributed by atoms with Gasteiger partial charge in [-0.05, 0) is 20.3 Å². The van der Waals surface area contributed by atoms with E-state index >= 15 is 0 Å². The van der Waals surface area contributed by atoms with Gasteiger partial charge < -0.3 is 9.64 Å². The smallest absolute Gasteiger partial charge is 0.134 e. The van der Waals surface area contributed by atoms with Gasteiger partial charge in [0.2, 0.25) is 0 Å². The maximum absolute atomic E-state index is 6.06. The van der Waals surface area contributed by atoms with E-state index in [-0.39, 0.29) is 6.04 Å². The van der Waals surface area contributed by atoms with Crippen molar-refractivity contribution in [3.63, 3.8) is 0 Å². The first-order valence-corrected chi connectivity index (χ1v) is 6.79. The highest BCUT2D eigenvalue weighted by Crippen LogP contribution is 2.19. The van der Waals surface area contributed by atoms with Gasteiger partial charge in [0.15, 0.2) is 0 Å². The molecule has 0 N–H and O–H groups in total. The fourth-order valence-corrected chi connectivity index (χ4v) is 2.16. The fourth-order valence-electron chi connectivity index (χ4n) is 1.96. The summed E-state index contributed by atoms with van der Waals surface area (Å²) in [6.07, 6.45) is 1.86. The van der Waals surface area contributed by atoms with Crippen molar-refractivity contribution in [1.82, 2.24) is 9.97 Å². The van der Waals surface area contributed by atoms with Crippen LogP contribution in [0.15, 0.2) is 6.07 Å². The molecule has 1 rings (SSSR count). The number of aryl methyl sites for hydroxylation is 1. The number of methoxy groups -OCH3 is 1. The van der Waals surface area contributed by atoms with Gasteiger partial charge in [-0.3, -0.25) is 0 Å². The van der Waals surface area contributed by atoms with Crippen LogP contribution >= 0.6 is 11.6 Å². The lowest BCUT2D eigenvalue weighted by molar-refractivity contribution is 0.181. The number of ether oxygens (including phenoxy) is 1. The summed E-state index contributed by atoms with van der Waals surface area (Å²) >= 11 is 6.06. The molecular formula is C13H22ClN3O. The fraction of sp³-hybridized carbons (Fsp3) is 0.692. The van der Waals surface area contributed by atoms with E-state index in [0.717, 1.165) is 31.0 Å². The Balaban J connectivity index is 2.97. The van der Waals surface area contributed by atoms with Crippen molar-refractivity contribution in [2.24, 2.45) is 0 Å².